The predicted octanol–water partition coefficient (Wildman–Crippen LogP) is 4.23. The first-order valence-electron chi connectivity index (χ1n) is 6.83. The molecule has 1 N–H and O–H groups in total. The zero-order valence-corrected chi connectivity index (χ0v) is 12.9. The summed E-state index contributed by atoms with van der Waals surface area (Å²) in [5.74, 6) is 0.0808. The van der Waals surface area contributed by atoms with Gasteiger partial charge in [-0.3, -0.25) is 4.79 Å². The topological polar surface area (TPSA) is 29.1 Å². The van der Waals surface area contributed by atoms with Crippen LogP contribution in [0.2, 0.25) is 0 Å². The second-order valence-electron chi connectivity index (χ2n) is 5.06. The Morgan fingerprint density at radius 2 is 2.05 bits per heavy atom. The highest BCUT2D eigenvalue weighted by molar-refractivity contribution is 9.09. The van der Waals surface area contributed by atoms with Crippen LogP contribution in [0.25, 0.3) is 0 Å². The zero-order chi connectivity index (χ0) is 14.1. The number of hydrogen-bond acceptors (Lipinski definition) is 1. The van der Waals surface area contributed by atoms with E-state index in [1.807, 2.05) is 6.07 Å². The number of hydrogen-bond donors (Lipinski definition) is 1. The number of anilines is 1. The first-order chi connectivity index (χ1) is 9.69. The molecule has 0 aliphatic carbocycles. The molecule has 0 saturated carbocycles. The van der Waals surface area contributed by atoms with Crippen molar-refractivity contribution in [3.63, 3.8) is 0 Å². The SMILES string of the molecule is CCc1ccccc1C(Br)c1ccc2c(c1)CC(=O)N2. The number of aryl methyl sites for hydroxylation is 1. The highest BCUT2D eigenvalue weighted by Gasteiger charge is 2.20. The van der Waals surface area contributed by atoms with Crippen molar-refractivity contribution in [3.05, 3.63) is 64.7 Å². The fraction of sp³-hybridized carbons (Fsp3) is 0.235. The van der Waals surface area contributed by atoms with Gasteiger partial charge in [0.15, 0.2) is 0 Å². The number of amides is 1. The lowest BCUT2D eigenvalue weighted by atomic mass is 9.97. The lowest BCUT2D eigenvalue weighted by Gasteiger charge is -2.15. The van der Waals surface area contributed by atoms with Gasteiger partial charge in [-0.15, -0.1) is 0 Å². The average molecular weight is 330 g/mol. The Balaban J connectivity index is 1.97. The predicted molar refractivity (Wildman–Crippen MR) is 85.4 cm³/mol. The van der Waals surface area contributed by atoms with Crippen LogP contribution in [0, 0.1) is 0 Å². The van der Waals surface area contributed by atoms with Crippen LogP contribution < -0.4 is 5.32 Å². The molecule has 0 bridgehead atoms. The third-order valence-corrected chi connectivity index (χ3v) is 4.78. The molecule has 2 nitrogen and oxygen atoms in total. The Bertz CT molecular complexity index is 666. The maximum atomic E-state index is 11.4. The first-order valence-corrected chi connectivity index (χ1v) is 7.75. The standard InChI is InChI=1S/C17H16BrNO/c1-2-11-5-3-4-6-14(11)17(18)12-7-8-15-13(9-12)10-16(20)19-15/h3-9,17H,2,10H2,1H3,(H,19,20). The van der Waals surface area contributed by atoms with Crippen LogP contribution in [-0.4, -0.2) is 5.91 Å². The van der Waals surface area contributed by atoms with E-state index in [1.165, 1.54) is 16.7 Å². The molecule has 1 heterocycles. The van der Waals surface area contributed by atoms with Crippen molar-refractivity contribution in [2.75, 3.05) is 5.32 Å². The fourth-order valence-corrected chi connectivity index (χ4v) is 3.42. The summed E-state index contributed by atoms with van der Waals surface area (Å²) in [6.45, 7) is 2.17. The summed E-state index contributed by atoms with van der Waals surface area (Å²) >= 11 is 3.80. The number of alkyl halides is 1. The number of benzene rings is 2. The van der Waals surface area contributed by atoms with Crippen LogP contribution >= 0.6 is 15.9 Å². The number of carbonyl (C=O) groups excluding carboxylic acids is 1. The van der Waals surface area contributed by atoms with E-state index in [4.69, 9.17) is 0 Å². The lowest BCUT2D eigenvalue weighted by Crippen LogP contribution is -2.03. The van der Waals surface area contributed by atoms with E-state index in [1.54, 1.807) is 0 Å². The molecule has 1 amide bonds. The number of fused-ring (bicyclic) bond motifs is 1. The molecule has 1 aliphatic rings. The molecule has 0 fully saturated rings. The second-order valence-corrected chi connectivity index (χ2v) is 5.97. The molecule has 0 radical (unpaired) electrons. The zero-order valence-electron chi connectivity index (χ0n) is 11.3. The Labute approximate surface area is 127 Å². The minimum Gasteiger partial charge on any atom is -0.326 e. The molecule has 3 heteroatoms. The Morgan fingerprint density at radius 3 is 2.85 bits per heavy atom. The summed E-state index contributed by atoms with van der Waals surface area (Å²) < 4.78 is 0. The Hall–Kier alpha value is -1.61. The van der Waals surface area contributed by atoms with Crippen molar-refractivity contribution in [2.24, 2.45) is 0 Å². The summed E-state index contributed by atoms with van der Waals surface area (Å²) in [6.07, 6.45) is 1.50. The van der Waals surface area contributed by atoms with E-state index in [0.29, 0.717) is 6.42 Å². The van der Waals surface area contributed by atoms with Gasteiger partial charge in [-0.1, -0.05) is 59.3 Å². The quantitative estimate of drug-likeness (QED) is 0.839. The van der Waals surface area contributed by atoms with Gasteiger partial charge in [-0.2, -0.15) is 0 Å². The molecule has 1 aliphatic heterocycles. The van der Waals surface area contributed by atoms with Gasteiger partial charge < -0.3 is 5.32 Å². The van der Waals surface area contributed by atoms with E-state index in [2.05, 4.69) is 64.6 Å². The third-order valence-electron chi connectivity index (χ3n) is 3.76. The van der Waals surface area contributed by atoms with E-state index >= 15 is 0 Å². The number of carbonyl (C=O) groups is 1. The molecular formula is C17H16BrNO. The third kappa shape index (κ3) is 2.38. The molecule has 3 rings (SSSR count). The largest absolute Gasteiger partial charge is 0.326 e. The van der Waals surface area contributed by atoms with Crippen molar-refractivity contribution in [1.29, 1.82) is 0 Å². The van der Waals surface area contributed by atoms with Crippen molar-refractivity contribution >= 4 is 27.5 Å². The summed E-state index contributed by atoms with van der Waals surface area (Å²) in [7, 11) is 0. The van der Waals surface area contributed by atoms with Gasteiger partial charge >= 0.3 is 0 Å². The van der Waals surface area contributed by atoms with Crippen LogP contribution in [-0.2, 0) is 17.6 Å². The molecule has 0 saturated heterocycles. The van der Waals surface area contributed by atoms with Crippen LogP contribution in [0.5, 0.6) is 0 Å². The molecule has 0 spiro atoms. The van der Waals surface area contributed by atoms with Crippen LogP contribution in [0.4, 0.5) is 5.69 Å². The van der Waals surface area contributed by atoms with E-state index in [9.17, 15) is 4.79 Å². The van der Waals surface area contributed by atoms with E-state index < -0.39 is 0 Å². The minimum absolute atomic E-state index is 0.0808. The fourth-order valence-electron chi connectivity index (χ4n) is 2.69. The van der Waals surface area contributed by atoms with Crippen LogP contribution in [0.1, 0.15) is 34.0 Å². The summed E-state index contributed by atoms with van der Waals surface area (Å²) in [4.78, 5) is 11.6. The second kappa shape index (κ2) is 5.41. The maximum absolute atomic E-state index is 11.4. The number of rotatable bonds is 3. The Kier molecular flexibility index (Phi) is 3.62. The highest BCUT2D eigenvalue weighted by Crippen LogP contribution is 2.36. The normalized spacial score (nSPS) is 14.8. The average Bonchev–Trinajstić information content (AvgIpc) is 2.85. The molecule has 20 heavy (non-hydrogen) atoms. The highest BCUT2D eigenvalue weighted by atomic mass is 79.9. The summed E-state index contributed by atoms with van der Waals surface area (Å²) in [6, 6.07) is 14.7. The van der Waals surface area contributed by atoms with Crippen molar-refractivity contribution in [1.82, 2.24) is 0 Å². The number of nitrogens with one attached hydrogen (secondary N) is 1. The van der Waals surface area contributed by atoms with Gasteiger partial charge in [0.25, 0.3) is 0 Å². The molecule has 2 aromatic rings. The minimum atomic E-state index is 0.0808. The van der Waals surface area contributed by atoms with Crippen molar-refractivity contribution < 1.29 is 4.79 Å². The van der Waals surface area contributed by atoms with E-state index in [0.717, 1.165) is 17.7 Å². The molecule has 1 unspecified atom stereocenters. The van der Waals surface area contributed by atoms with E-state index in [-0.39, 0.29) is 10.7 Å². The van der Waals surface area contributed by atoms with Gasteiger partial charge in [0.2, 0.25) is 5.91 Å². The molecular weight excluding hydrogens is 314 g/mol. The van der Waals surface area contributed by atoms with Gasteiger partial charge in [-0.25, -0.2) is 0 Å². The van der Waals surface area contributed by atoms with Gasteiger partial charge in [0.1, 0.15) is 0 Å². The smallest absolute Gasteiger partial charge is 0.228 e. The summed E-state index contributed by atoms with van der Waals surface area (Å²) in [5.41, 5.74) is 5.88. The van der Waals surface area contributed by atoms with Crippen LogP contribution in [0.15, 0.2) is 42.5 Å². The van der Waals surface area contributed by atoms with Gasteiger partial charge in [0, 0.05) is 5.69 Å². The molecule has 102 valence electrons. The monoisotopic (exact) mass is 329 g/mol. The van der Waals surface area contributed by atoms with Crippen molar-refractivity contribution in [3.8, 4) is 0 Å². The van der Waals surface area contributed by atoms with Crippen molar-refractivity contribution in [2.45, 2.75) is 24.6 Å². The molecule has 1 atom stereocenters. The lowest BCUT2D eigenvalue weighted by molar-refractivity contribution is -0.115. The van der Waals surface area contributed by atoms with Crippen LogP contribution in [0.3, 0.4) is 0 Å². The van der Waals surface area contributed by atoms with Gasteiger partial charge in [-0.05, 0) is 34.7 Å². The summed E-state index contributed by atoms with van der Waals surface area (Å²) in [5, 5.41) is 2.87. The number of halogens is 1. The molecule has 0 aromatic heterocycles. The first kappa shape index (κ1) is 13.4. The maximum Gasteiger partial charge on any atom is 0.228 e. The Morgan fingerprint density at radius 1 is 1.25 bits per heavy atom. The molecule has 2 aromatic carbocycles. The van der Waals surface area contributed by atoms with Gasteiger partial charge in [0.05, 0.1) is 11.2 Å².